The first-order chi connectivity index (χ1) is 11.3. The highest BCUT2D eigenvalue weighted by Gasteiger charge is 2.43. The van der Waals surface area contributed by atoms with Crippen LogP contribution in [0, 0.1) is 0 Å². The van der Waals surface area contributed by atoms with Crippen molar-refractivity contribution in [2.45, 2.75) is 38.1 Å². The maximum atomic E-state index is 13.1. The second kappa shape index (κ2) is 6.06. The van der Waals surface area contributed by atoms with E-state index in [2.05, 4.69) is 0 Å². The third-order valence-corrected chi connectivity index (χ3v) is 6.37. The van der Waals surface area contributed by atoms with Crippen LogP contribution in [0.3, 0.4) is 0 Å². The van der Waals surface area contributed by atoms with Crippen molar-refractivity contribution in [3.05, 3.63) is 44.8 Å². The average Bonchev–Trinajstić information content (AvgIpc) is 3.29. The van der Waals surface area contributed by atoms with Crippen LogP contribution in [0.25, 0.3) is 11.1 Å². The van der Waals surface area contributed by atoms with Crippen LogP contribution in [0.5, 0.6) is 0 Å². The highest BCUT2D eigenvalue weighted by Crippen LogP contribution is 2.41. The van der Waals surface area contributed by atoms with Gasteiger partial charge in [0.15, 0.2) is 0 Å². The van der Waals surface area contributed by atoms with Crippen molar-refractivity contribution < 1.29 is 9.59 Å². The maximum absolute atomic E-state index is 13.1. The van der Waals surface area contributed by atoms with Crippen LogP contribution >= 0.6 is 22.7 Å². The van der Waals surface area contributed by atoms with Crippen molar-refractivity contribution in [3.8, 4) is 0 Å². The normalized spacial score (nSPS) is 19.9. The van der Waals surface area contributed by atoms with E-state index in [-0.39, 0.29) is 17.9 Å². The van der Waals surface area contributed by atoms with Gasteiger partial charge >= 0.3 is 0 Å². The molecule has 2 amide bonds. The standard InChI is InChI=1S/C18H17NO2S2/c20-17-15(13-8-4-10-22-13)16(14-9-5-11-23-14)18(21)19(17)12-6-2-1-3-7-12/h4-5,8-12H,1-3,6-7H2. The third-order valence-electron chi connectivity index (χ3n) is 4.59. The lowest BCUT2D eigenvalue weighted by Gasteiger charge is -2.29. The second-order valence-corrected chi connectivity index (χ2v) is 7.87. The quantitative estimate of drug-likeness (QED) is 0.774. The van der Waals surface area contributed by atoms with Gasteiger partial charge in [-0.2, -0.15) is 0 Å². The zero-order valence-corrected chi connectivity index (χ0v) is 14.3. The van der Waals surface area contributed by atoms with E-state index in [1.807, 2.05) is 35.0 Å². The number of thiophene rings is 2. The molecule has 3 heterocycles. The summed E-state index contributed by atoms with van der Waals surface area (Å²) in [5, 5.41) is 3.91. The number of nitrogens with zero attached hydrogens (tertiary/aromatic N) is 1. The molecule has 0 saturated heterocycles. The summed E-state index contributed by atoms with van der Waals surface area (Å²) in [7, 11) is 0. The molecule has 4 rings (SSSR count). The highest BCUT2D eigenvalue weighted by atomic mass is 32.1. The molecule has 0 aromatic carbocycles. The molecule has 1 aliphatic heterocycles. The van der Waals surface area contributed by atoms with Crippen LogP contribution in [0.1, 0.15) is 41.9 Å². The van der Waals surface area contributed by atoms with Crippen molar-refractivity contribution in [2.75, 3.05) is 0 Å². The van der Waals surface area contributed by atoms with E-state index >= 15 is 0 Å². The number of carbonyl (C=O) groups excluding carboxylic acids is 2. The zero-order chi connectivity index (χ0) is 15.8. The molecule has 2 aromatic rings. The van der Waals surface area contributed by atoms with Crippen LogP contribution < -0.4 is 0 Å². The Bertz CT molecular complexity index is 697. The molecule has 0 spiro atoms. The summed E-state index contributed by atoms with van der Waals surface area (Å²) < 4.78 is 0. The molecule has 23 heavy (non-hydrogen) atoms. The molecule has 1 fully saturated rings. The molecule has 5 heteroatoms. The zero-order valence-electron chi connectivity index (χ0n) is 12.7. The maximum Gasteiger partial charge on any atom is 0.263 e. The minimum atomic E-state index is -0.104. The number of rotatable bonds is 3. The van der Waals surface area contributed by atoms with E-state index < -0.39 is 0 Å². The van der Waals surface area contributed by atoms with Crippen LogP contribution in [-0.4, -0.2) is 22.8 Å². The van der Waals surface area contributed by atoms with Gasteiger partial charge in [0.2, 0.25) is 0 Å². The lowest BCUT2D eigenvalue weighted by molar-refractivity contribution is -0.139. The van der Waals surface area contributed by atoms with Crippen molar-refractivity contribution >= 4 is 45.6 Å². The molecule has 0 N–H and O–H groups in total. The van der Waals surface area contributed by atoms with Gasteiger partial charge in [0.25, 0.3) is 11.8 Å². The molecule has 0 atom stereocenters. The van der Waals surface area contributed by atoms with E-state index in [9.17, 15) is 9.59 Å². The summed E-state index contributed by atoms with van der Waals surface area (Å²) in [5.41, 5.74) is 1.19. The molecule has 2 aliphatic rings. The first kappa shape index (κ1) is 14.8. The van der Waals surface area contributed by atoms with Gasteiger partial charge in [0.05, 0.1) is 11.1 Å². The SMILES string of the molecule is O=C1C(c2cccs2)=C(c2cccs2)C(=O)N1C1CCCCC1. The number of amides is 2. The predicted octanol–water partition coefficient (Wildman–Crippen LogP) is 4.42. The fourth-order valence-corrected chi connectivity index (χ4v) is 5.05. The van der Waals surface area contributed by atoms with E-state index in [1.54, 1.807) is 4.90 Å². The minimum absolute atomic E-state index is 0.0659. The van der Waals surface area contributed by atoms with Gasteiger partial charge in [0, 0.05) is 15.8 Å². The van der Waals surface area contributed by atoms with E-state index in [4.69, 9.17) is 0 Å². The Labute approximate surface area is 143 Å². The number of imide groups is 1. The van der Waals surface area contributed by atoms with Crippen LogP contribution in [0.15, 0.2) is 35.0 Å². The smallest absolute Gasteiger partial charge is 0.263 e. The largest absolute Gasteiger partial charge is 0.271 e. The van der Waals surface area contributed by atoms with Crippen molar-refractivity contribution in [1.82, 2.24) is 4.90 Å². The molecular formula is C18H17NO2S2. The molecule has 0 bridgehead atoms. The van der Waals surface area contributed by atoms with Gasteiger partial charge < -0.3 is 0 Å². The molecule has 0 unspecified atom stereocenters. The Kier molecular flexibility index (Phi) is 3.91. The lowest BCUT2D eigenvalue weighted by atomic mass is 9.94. The number of hydrogen-bond donors (Lipinski definition) is 0. The minimum Gasteiger partial charge on any atom is -0.271 e. The molecule has 118 valence electrons. The monoisotopic (exact) mass is 343 g/mol. The van der Waals surface area contributed by atoms with Gasteiger partial charge in [0.1, 0.15) is 0 Å². The Hall–Kier alpha value is -1.72. The van der Waals surface area contributed by atoms with Gasteiger partial charge in [-0.3, -0.25) is 14.5 Å². The van der Waals surface area contributed by atoms with E-state index in [0.29, 0.717) is 11.1 Å². The summed E-state index contributed by atoms with van der Waals surface area (Å²) in [6.07, 6.45) is 5.28. The fourth-order valence-electron chi connectivity index (χ4n) is 3.52. The molecule has 2 aromatic heterocycles. The molecule has 1 aliphatic carbocycles. The summed E-state index contributed by atoms with van der Waals surface area (Å²) in [6.45, 7) is 0. The number of carbonyl (C=O) groups is 2. The first-order valence-electron chi connectivity index (χ1n) is 7.97. The lowest BCUT2D eigenvalue weighted by Crippen LogP contribution is -2.42. The molecule has 0 radical (unpaired) electrons. The van der Waals surface area contributed by atoms with E-state index in [1.165, 1.54) is 29.1 Å². The van der Waals surface area contributed by atoms with Crippen molar-refractivity contribution in [3.63, 3.8) is 0 Å². The van der Waals surface area contributed by atoms with Gasteiger partial charge in [-0.15, -0.1) is 22.7 Å². The molecule has 1 saturated carbocycles. The second-order valence-electron chi connectivity index (χ2n) is 5.98. The topological polar surface area (TPSA) is 37.4 Å². The summed E-state index contributed by atoms with van der Waals surface area (Å²) in [4.78, 5) is 29.5. The predicted molar refractivity (Wildman–Crippen MR) is 94.2 cm³/mol. The van der Waals surface area contributed by atoms with Crippen LogP contribution in [0.4, 0.5) is 0 Å². The van der Waals surface area contributed by atoms with Crippen LogP contribution in [0.2, 0.25) is 0 Å². The Morgan fingerprint density at radius 3 is 1.78 bits per heavy atom. The number of hydrogen-bond acceptors (Lipinski definition) is 4. The average molecular weight is 343 g/mol. The third kappa shape index (κ3) is 2.48. The van der Waals surface area contributed by atoms with Crippen molar-refractivity contribution in [2.24, 2.45) is 0 Å². The Morgan fingerprint density at radius 2 is 1.35 bits per heavy atom. The van der Waals surface area contributed by atoms with Gasteiger partial charge in [-0.1, -0.05) is 31.4 Å². The summed E-state index contributed by atoms with van der Waals surface area (Å²) >= 11 is 3.05. The van der Waals surface area contributed by atoms with Gasteiger partial charge in [-0.25, -0.2) is 0 Å². The first-order valence-corrected chi connectivity index (χ1v) is 9.73. The van der Waals surface area contributed by atoms with Crippen molar-refractivity contribution in [1.29, 1.82) is 0 Å². The Morgan fingerprint density at radius 1 is 0.826 bits per heavy atom. The summed E-state index contributed by atoms with van der Waals surface area (Å²) in [5.74, 6) is -0.208. The Balaban J connectivity index is 1.80. The fraction of sp³-hybridized carbons (Fsp3) is 0.333. The summed E-state index contributed by atoms with van der Waals surface area (Å²) in [6, 6.07) is 7.79. The molecular weight excluding hydrogens is 326 g/mol. The highest BCUT2D eigenvalue weighted by molar-refractivity contribution is 7.13. The van der Waals surface area contributed by atoms with Gasteiger partial charge in [-0.05, 0) is 35.7 Å². The van der Waals surface area contributed by atoms with Crippen LogP contribution in [-0.2, 0) is 9.59 Å². The van der Waals surface area contributed by atoms with E-state index in [0.717, 1.165) is 35.4 Å². The molecule has 3 nitrogen and oxygen atoms in total.